The summed E-state index contributed by atoms with van der Waals surface area (Å²) in [5.41, 5.74) is 0. The molecule has 0 bridgehead atoms. The number of aryl methyl sites for hydroxylation is 1. The average Bonchev–Trinajstić information content (AvgIpc) is 1.95. The largest absolute Gasteiger partial charge is 0.379 e. The summed E-state index contributed by atoms with van der Waals surface area (Å²) < 4.78 is 5.07. The maximum absolute atomic E-state index is 5.80. The molecular formula is C8H9ClN2OS. The third kappa shape index (κ3) is 2.33. The molecule has 3 nitrogen and oxygen atoms in total. The van der Waals surface area contributed by atoms with Crippen molar-refractivity contribution < 1.29 is 4.74 Å². The molecule has 5 heteroatoms. The van der Waals surface area contributed by atoms with Gasteiger partial charge in [-0.2, -0.15) is 0 Å². The Kier molecular flexibility index (Phi) is 2.71. The van der Waals surface area contributed by atoms with Crippen molar-refractivity contribution in [1.82, 2.24) is 9.97 Å². The number of aromatic nitrogens is 2. The third-order valence-electron chi connectivity index (χ3n) is 1.68. The fraction of sp³-hybridized carbons (Fsp3) is 0.500. The van der Waals surface area contributed by atoms with E-state index in [-0.39, 0.29) is 0 Å². The normalized spacial score (nSPS) is 17.1. The van der Waals surface area contributed by atoms with E-state index in [9.17, 15) is 0 Å². The SMILES string of the molecule is Cc1nc(Cl)cc(SC2COC2)n1. The molecule has 0 saturated carbocycles. The standard InChI is InChI=1S/C8H9ClN2OS/c1-5-10-7(9)2-8(11-5)13-6-3-12-4-6/h2,6H,3-4H2,1H3. The van der Waals surface area contributed by atoms with Gasteiger partial charge in [0.2, 0.25) is 0 Å². The summed E-state index contributed by atoms with van der Waals surface area (Å²) in [6.45, 7) is 3.46. The van der Waals surface area contributed by atoms with Crippen molar-refractivity contribution in [3.8, 4) is 0 Å². The average molecular weight is 217 g/mol. The predicted molar refractivity (Wildman–Crippen MR) is 52.2 cm³/mol. The van der Waals surface area contributed by atoms with Gasteiger partial charge in [0, 0.05) is 6.07 Å². The van der Waals surface area contributed by atoms with Gasteiger partial charge in [-0.05, 0) is 6.92 Å². The molecule has 0 radical (unpaired) electrons. The highest BCUT2D eigenvalue weighted by molar-refractivity contribution is 8.00. The summed E-state index contributed by atoms with van der Waals surface area (Å²) in [5, 5.41) is 1.98. The number of hydrogen-bond acceptors (Lipinski definition) is 4. The Balaban J connectivity index is 2.10. The highest BCUT2D eigenvalue weighted by Gasteiger charge is 2.20. The first-order chi connectivity index (χ1) is 6.24. The van der Waals surface area contributed by atoms with E-state index in [1.54, 1.807) is 17.8 Å². The Morgan fingerprint density at radius 2 is 2.31 bits per heavy atom. The predicted octanol–water partition coefficient (Wildman–Crippen LogP) is 1.93. The number of ether oxygens (including phenoxy) is 1. The second-order valence-electron chi connectivity index (χ2n) is 2.85. The first-order valence-corrected chi connectivity index (χ1v) is 5.25. The van der Waals surface area contributed by atoms with Gasteiger partial charge in [-0.1, -0.05) is 23.4 Å². The number of thioether (sulfide) groups is 1. The van der Waals surface area contributed by atoms with Gasteiger partial charge >= 0.3 is 0 Å². The Labute approximate surface area is 85.9 Å². The highest BCUT2D eigenvalue weighted by Crippen LogP contribution is 2.27. The quantitative estimate of drug-likeness (QED) is 0.708. The van der Waals surface area contributed by atoms with Crippen molar-refractivity contribution in [1.29, 1.82) is 0 Å². The lowest BCUT2D eigenvalue weighted by Crippen LogP contribution is -2.30. The number of rotatable bonds is 2. The van der Waals surface area contributed by atoms with Crippen LogP contribution in [0.15, 0.2) is 11.1 Å². The number of nitrogens with zero attached hydrogens (tertiary/aromatic N) is 2. The van der Waals surface area contributed by atoms with Gasteiger partial charge in [0.15, 0.2) is 0 Å². The molecule has 13 heavy (non-hydrogen) atoms. The van der Waals surface area contributed by atoms with Crippen molar-refractivity contribution in [2.75, 3.05) is 13.2 Å². The van der Waals surface area contributed by atoms with Crippen LogP contribution in [0.4, 0.5) is 0 Å². The third-order valence-corrected chi connectivity index (χ3v) is 2.93. The van der Waals surface area contributed by atoms with E-state index in [4.69, 9.17) is 16.3 Å². The van der Waals surface area contributed by atoms with Crippen molar-refractivity contribution >= 4 is 23.4 Å². The van der Waals surface area contributed by atoms with Crippen LogP contribution in [0.1, 0.15) is 5.82 Å². The van der Waals surface area contributed by atoms with Crippen molar-refractivity contribution in [3.05, 3.63) is 17.0 Å². The minimum absolute atomic E-state index is 0.509. The van der Waals surface area contributed by atoms with Gasteiger partial charge in [0.05, 0.1) is 18.5 Å². The van der Waals surface area contributed by atoms with E-state index >= 15 is 0 Å². The van der Waals surface area contributed by atoms with Crippen LogP contribution in [-0.4, -0.2) is 28.4 Å². The molecule has 1 aromatic rings. The highest BCUT2D eigenvalue weighted by atomic mass is 35.5. The maximum Gasteiger partial charge on any atom is 0.133 e. The minimum Gasteiger partial charge on any atom is -0.379 e. The van der Waals surface area contributed by atoms with Gasteiger partial charge in [-0.25, -0.2) is 9.97 Å². The van der Waals surface area contributed by atoms with E-state index in [0.717, 1.165) is 24.1 Å². The van der Waals surface area contributed by atoms with Crippen LogP contribution in [0.25, 0.3) is 0 Å². The van der Waals surface area contributed by atoms with Gasteiger partial charge < -0.3 is 4.74 Å². The number of halogens is 1. The second kappa shape index (κ2) is 3.82. The Hall–Kier alpha value is -0.320. The Morgan fingerprint density at radius 1 is 1.54 bits per heavy atom. The lowest BCUT2D eigenvalue weighted by molar-refractivity contribution is 0.0454. The van der Waals surface area contributed by atoms with E-state index in [2.05, 4.69) is 9.97 Å². The summed E-state index contributed by atoms with van der Waals surface area (Å²) >= 11 is 7.50. The molecular weight excluding hydrogens is 208 g/mol. The number of hydrogen-bond donors (Lipinski definition) is 0. The van der Waals surface area contributed by atoms with E-state index in [0.29, 0.717) is 10.4 Å². The second-order valence-corrected chi connectivity index (χ2v) is 4.56. The molecule has 1 saturated heterocycles. The molecule has 1 aliphatic rings. The van der Waals surface area contributed by atoms with Crippen molar-refractivity contribution in [2.24, 2.45) is 0 Å². The van der Waals surface area contributed by atoms with Crippen LogP contribution < -0.4 is 0 Å². The monoisotopic (exact) mass is 216 g/mol. The smallest absolute Gasteiger partial charge is 0.133 e. The maximum atomic E-state index is 5.80. The molecule has 1 aliphatic heterocycles. The molecule has 0 atom stereocenters. The lowest BCUT2D eigenvalue weighted by Gasteiger charge is -2.24. The molecule has 2 heterocycles. The van der Waals surface area contributed by atoms with Crippen molar-refractivity contribution in [3.63, 3.8) is 0 Å². The van der Waals surface area contributed by atoms with Crippen molar-refractivity contribution in [2.45, 2.75) is 17.2 Å². The zero-order valence-electron chi connectivity index (χ0n) is 7.16. The molecule has 1 aromatic heterocycles. The summed E-state index contributed by atoms with van der Waals surface area (Å²) in [4.78, 5) is 8.26. The molecule has 70 valence electrons. The topological polar surface area (TPSA) is 35.0 Å². The van der Waals surface area contributed by atoms with E-state index in [1.165, 1.54) is 0 Å². The molecule has 0 aromatic carbocycles. The van der Waals surface area contributed by atoms with Gasteiger partial charge in [0.1, 0.15) is 16.0 Å². The minimum atomic E-state index is 0.509. The van der Waals surface area contributed by atoms with Gasteiger partial charge in [-0.3, -0.25) is 0 Å². The van der Waals surface area contributed by atoms with E-state index in [1.807, 2.05) is 6.92 Å². The first kappa shape index (κ1) is 9.24. The van der Waals surface area contributed by atoms with E-state index < -0.39 is 0 Å². The molecule has 0 spiro atoms. The lowest BCUT2D eigenvalue weighted by atomic mass is 10.4. The van der Waals surface area contributed by atoms with Crippen LogP contribution >= 0.6 is 23.4 Å². The Morgan fingerprint density at radius 3 is 2.85 bits per heavy atom. The molecule has 0 amide bonds. The summed E-state index contributed by atoms with van der Waals surface area (Å²) in [7, 11) is 0. The molecule has 0 unspecified atom stereocenters. The molecule has 0 N–H and O–H groups in total. The van der Waals surface area contributed by atoms with Crippen LogP contribution in [0.3, 0.4) is 0 Å². The van der Waals surface area contributed by atoms with Crippen LogP contribution in [0, 0.1) is 6.92 Å². The fourth-order valence-corrected chi connectivity index (χ4v) is 2.34. The molecule has 0 aliphatic carbocycles. The first-order valence-electron chi connectivity index (χ1n) is 3.99. The summed E-state index contributed by atoms with van der Waals surface area (Å²) in [6.07, 6.45) is 0. The summed E-state index contributed by atoms with van der Waals surface area (Å²) in [5.74, 6) is 0.718. The molecule has 2 rings (SSSR count). The van der Waals surface area contributed by atoms with Crippen LogP contribution in [0.5, 0.6) is 0 Å². The van der Waals surface area contributed by atoms with Gasteiger partial charge in [0.25, 0.3) is 0 Å². The Bertz CT molecular complexity index is 297. The molecule has 1 fully saturated rings. The fourth-order valence-electron chi connectivity index (χ4n) is 1.02. The summed E-state index contributed by atoms with van der Waals surface area (Å²) in [6, 6.07) is 1.79. The van der Waals surface area contributed by atoms with Crippen LogP contribution in [0.2, 0.25) is 5.15 Å². The zero-order chi connectivity index (χ0) is 9.26. The zero-order valence-corrected chi connectivity index (χ0v) is 8.73. The van der Waals surface area contributed by atoms with Gasteiger partial charge in [-0.15, -0.1) is 0 Å². The van der Waals surface area contributed by atoms with Crippen LogP contribution in [-0.2, 0) is 4.74 Å².